The van der Waals surface area contributed by atoms with Gasteiger partial charge in [0.25, 0.3) is 0 Å². The summed E-state index contributed by atoms with van der Waals surface area (Å²) >= 11 is 5.43. The van der Waals surface area contributed by atoms with Crippen LogP contribution in [0.25, 0.3) is 0 Å². The molecule has 3 fully saturated rings. The van der Waals surface area contributed by atoms with Crippen LogP contribution in [0.15, 0.2) is 0 Å². The first kappa shape index (κ1) is 13.4. The second-order valence-corrected chi connectivity index (χ2v) is 9.79. The van der Waals surface area contributed by atoms with E-state index in [1.807, 2.05) is 0 Å². The predicted molar refractivity (Wildman–Crippen MR) is 90.1 cm³/mol. The lowest BCUT2D eigenvalue weighted by Gasteiger charge is -2.41. The van der Waals surface area contributed by atoms with Crippen molar-refractivity contribution in [1.82, 2.24) is 4.90 Å². The van der Waals surface area contributed by atoms with E-state index in [-0.39, 0.29) is 0 Å². The van der Waals surface area contributed by atoms with Crippen molar-refractivity contribution in [3.63, 3.8) is 0 Å². The monoisotopic (exact) mass is 459 g/mol. The van der Waals surface area contributed by atoms with Gasteiger partial charge in [-0.2, -0.15) is 0 Å². The lowest BCUT2D eigenvalue weighted by molar-refractivity contribution is 0.150. The fraction of sp³-hybridized carbons (Fsp3) is 1.00. The van der Waals surface area contributed by atoms with E-state index < -0.39 is 0 Å². The van der Waals surface area contributed by atoms with Crippen LogP contribution < -0.4 is 0 Å². The number of fused-ring (bicyclic) bond motifs is 2. The number of alkyl halides is 2. The molecule has 0 aromatic rings. The van der Waals surface area contributed by atoms with Gasteiger partial charge in [0, 0.05) is 27.0 Å². The Hall–Kier alpha value is 1.42. The molecule has 2 heterocycles. The first-order chi connectivity index (χ1) is 8.06. The zero-order valence-corrected chi connectivity index (χ0v) is 15.1. The molecule has 6 atom stereocenters. The molecular formula is C14H23I2N. The minimum atomic E-state index is 0.879. The van der Waals surface area contributed by atoms with Gasteiger partial charge in [-0.05, 0) is 49.9 Å². The highest BCUT2D eigenvalue weighted by Crippen LogP contribution is 2.48. The molecule has 0 amide bonds. The van der Waals surface area contributed by atoms with E-state index in [4.69, 9.17) is 0 Å². The molecule has 0 aromatic carbocycles. The van der Waals surface area contributed by atoms with Crippen LogP contribution in [0.4, 0.5) is 0 Å². The summed E-state index contributed by atoms with van der Waals surface area (Å²) in [6.45, 7) is 7.70. The fourth-order valence-corrected chi connectivity index (χ4v) is 7.44. The van der Waals surface area contributed by atoms with Crippen molar-refractivity contribution in [2.45, 2.75) is 47.0 Å². The van der Waals surface area contributed by atoms with Crippen LogP contribution in [-0.2, 0) is 0 Å². The molecule has 1 aliphatic carbocycles. The Balaban J connectivity index is 1.66. The maximum absolute atomic E-state index is 2.75. The van der Waals surface area contributed by atoms with Gasteiger partial charge in [0.1, 0.15) is 0 Å². The molecule has 3 heteroatoms. The number of hydrogen-bond acceptors (Lipinski definition) is 1. The summed E-state index contributed by atoms with van der Waals surface area (Å²) in [7, 11) is 0. The molecular weight excluding hydrogens is 436 g/mol. The van der Waals surface area contributed by atoms with Gasteiger partial charge in [-0.25, -0.2) is 0 Å². The molecule has 0 N–H and O–H groups in total. The fourth-order valence-electron chi connectivity index (χ4n) is 4.34. The third kappa shape index (κ3) is 2.41. The van der Waals surface area contributed by atoms with Gasteiger partial charge in [0.05, 0.1) is 0 Å². The maximum Gasteiger partial charge on any atom is 0.0148 e. The van der Waals surface area contributed by atoms with Crippen molar-refractivity contribution in [1.29, 1.82) is 0 Å². The average Bonchev–Trinajstić information content (AvgIpc) is 2.83. The number of piperidine rings is 1. The minimum Gasteiger partial charge on any atom is -0.300 e. The van der Waals surface area contributed by atoms with E-state index in [1.54, 1.807) is 0 Å². The first-order valence-corrected chi connectivity index (χ1v) is 9.57. The van der Waals surface area contributed by atoms with Gasteiger partial charge < -0.3 is 4.90 Å². The number of hydrogen-bond donors (Lipinski definition) is 0. The van der Waals surface area contributed by atoms with Gasteiger partial charge in [-0.3, -0.25) is 0 Å². The third-order valence-electron chi connectivity index (χ3n) is 5.59. The molecule has 2 aliphatic heterocycles. The second-order valence-electron chi connectivity index (χ2n) is 6.59. The smallest absolute Gasteiger partial charge is 0.0148 e. The van der Waals surface area contributed by atoms with Crippen LogP contribution in [0.1, 0.15) is 33.1 Å². The van der Waals surface area contributed by atoms with Crippen molar-refractivity contribution in [3.05, 3.63) is 0 Å². The standard InChI is InChI=1S/C14H23I2N/c1-8-3-11-6-17(8)7-12(11)10-4-13(15)9(2)14(16)5-10/h8-14H,3-7H2,1-2H3. The summed E-state index contributed by atoms with van der Waals surface area (Å²) in [5.41, 5.74) is 0. The Morgan fingerprint density at radius 2 is 1.53 bits per heavy atom. The molecule has 1 nitrogen and oxygen atoms in total. The van der Waals surface area contributed by atoms with E-state index >= 15 is 0 Å². The molecule has 3 aliphatic rings. The molecule has 98 valence electrons. The second kappa shape index (κ2) is 5.08. The van der Waals surface area contributed by atoms with Crippen LogP contribution in [-0.4, -0.2) is 31.9 Å². The summed E-state index contributed by atoms with van der Waals surface area (Å²) in [5, 5.41) is 0. The van der Waals surface area contributed by atoms with Crippen molar-refractivity contribution in [3.8, 4) is 0 Å². The minimum absolute atomic E-state index is 0.879. The van der Waals surface area contributed by atoms with Crippen LogP contribution >= 0.6 is 45.2 Å². The van der Waals surface area contributed by atoms with Gasteiger partial charge in [-0.1, -0.05) is 52.1 Å². The molecule has 2 saturated heterocycles. The summed E-state index contributed by atoms with van der Waals surface area (Å²) < 4.78 is 1.83. The van der Waals surface area contributed by atoms with E-state index in [2.05, 4.69) is 63.9 Å². The zero-order valence-electron chi connectivity index (χ0n) is 10.8. The van der Waals surface area contributed by atoms with Gasteiger partial charge in [0.15, 0.2) is 0 Å². The average molecular weight is 459 g/mol. The molecule has 2 bridgehead atoms. The molecule has 0 spiro atoms. The number of nitrogens with zero attached hydrogens (tertiary/aromatic N) is 1. The van der Waals surface area contributed by atoms with Gasteiger partial charge in [0.2, 0.25) is 0 Å². The van der Waals surface area contributed by atoms with Crippen molar-refractivity contribution in [2.75, 3.05) is 13.1 Å². The quantitative estimate of drug-likeness (QED) is 0.424. The maximum atomic E-state index is 2.75. The summed E-state index contributed by atoms with van der Waals surface area (Å²) in [5.74, 6) is 4.02. The lowest BCUT2D eigenvalue weighted by Crippen LogP contribution is -2.40. The lowest BCUT2D eigenvalue weighted by atomic mass is 9.71. The van der Waals surface area contributed by atoms with E-state index in [1.165, 1.54) is 32.4 Å². The first-order valence-electron chi connectivity index (χ1n) is 7.08. The Kier molecular flexibility index (Phi) is 4.00. The van der Waals surface area contributed by atoms with E-state index in [0.29, 0.717) is 0 Å². The van der Waals surface area contributed by atoms with Crippen LogP contribution in [0.3, 0.4) is 0 Å². The van der Waals surface area contributed by atoms with E-state index in [9.17, 15) is 0 Å². The van der Waals surface area contributed by atoms with Crippen LogP contribution in [0, 0.1) is 23.7 Å². The topological polar surface area (TPSA) is 3.24 Å². The van der Waals surface area contributed by atoms with Gasteiger partial charge in [-0.15, -0.1) is 0 Å². The zero-order chi connectivity index (χ0) is 12.2. The number of rotatable bonds is 1. The Morgan fingerprint density at radius 3 is 2.00 bits per heavy atom. The van der Waals surface area contributed by atoms with Crippen molar-refractivity contribution in [2.24, 2.45) is 23.7 Å². The molecule has 0 radical (unpaired) electrons. The molecule has 1 saturated carbocycles. The van der Waals surface area contributed by atoms with Gasteiger partial charge >= 0.3 is 0 Å². The molecule has 17 heavy (non-hydrogen) atoms. The highest BCUT2D eigenvalue weighted by Gasteiger charge is 2.47. The molecule has 0 aromatic heterocycles. The van der Waals surface area contributed by atoms with E-state index in [0.717, 1.165) is 37.6 Å². The number of halogens is 2. The molecule has 3 rings (SSSR count). The van der Waals surface area contributed by atoms with Crippen molar-refractivity contribution < 1.29 is 0 Å². The Bertz CT molecular complexity index is 282. The Morgan fingerprint density at radius 1 is 0.882 bits per heavy atom. The summed E-state index contributed by atoms with van der Waals surface area (Å²) in [6.07, 6.45) is 4.46. The SMILES string of the molecule is CC1C(I)CC(C2CN3CC2CC3C)CC1I. The largest absolute Gasteiger partial charge is 0.300 e. The van der Waals surface area contributed by atoms with Crippen LogP contribution in [0.5, 0.6) is 0 Å². The highest BCUT2D eigenvalue weighted by molar-refractivity contribution is 14.1. The third-order valence-corrected chi connectivity index (χ3v) is 8.88. The Labute approximate surface area is 133 Å². The predicted octanol–water partition coefficient (Wildman–Crippen LogP) is 3.98. The summed E-state index contributed by atoms with van der Waals surface area (Å²) in [4.78, 5) is 2.75. The normalized spacial score (nSPS) is 58.6. The van der Waals surface area contributed by atoms with Crippen LogP contribution in [0.2, 0.25) is 0 Å². The highest BCUT2D eigenvalue weighted by atomic mass is 127. The van der Waals surface area contributed by atoms with Crippen molar-refractivity contribution >= 4 is 45.2 Å². The molecule has 6 unspecified atom stereocenters. The summed E-state index contributed by atoms with van der Waals surface area (Å²) in [6, 6.07) is 0.879.